The summed E-state index contributed by atoms with van der Waals surface area (Å²) >= 11 is 4.83. The van der Waals surface area contributed by atoms with E-state index in [1.54, 1.807) is 0 Å². The van der Waals surface area contributed by atoms with Crippen LogP contribution < -0.4 is 0 Å². The Kier molecular flexibility index (Phi) is 3.80. The van der Waals surface area contributed by atoms with Crippen LogP contribution in [0.1, 0.15) is 22.8 Å². The molecule has 0 N–H and O–H groups in total. The summed E-state index contributed by atoms with van der Waals surface area (Å²) in [5, 5.41) is 0. The number of halogens is 5. The molecule has 82 valence electrons. The summed E-state index contributed by atoms with van der Waals surface area (Å²) in [4.78, 5) is 11.1. The Hall–Kier alpha value is -0.110. The number of carbonyl (C=O) groups excluding carboxylic acids is 1. The molecular formula is C9H5BrF3IO. The molecule has 1 aromatic carbocycles. The molecule has 0 atom stereocenters. The van der Waals surface area contributed by atoms with Crippen molar-refractivity contribution in [3.8, 4) is 0 Å². The average molecular weight is 393 g/mol. The van der Waals surface area contributed by atoms with E-state index in [1.807, 2.05) is 22.6 Å². The first-order chi connectivity index (χ1) is 6.73. The smallest absolute Gasteiger partial charge is 0.294 e. The fraction of sp³-hybridized carbons (Fsp3) is 0.222. The van der Waals surface area contributed by atoms with Gasteiger partial charge in [0.2, 0.25) is 0 Å². The molecule has 0 radical (unpaired) electrons. The van der Waals surface area contributed by atoms with E-state index in [0.29, 0.717) is 3.57 Å². The number of carbonyl (C=O) groups is 1. The van der Waals surface area contributed by atoms with Crippen LogP contribution in [-0.4, -0.2) is 5.78 Å². The SMILES string of the molecule is CC(=O)c1cc(C(F)(F)F)cc(Br)c1I. The highest BCUT2D eigenvalue weighted by molar-refractivity contribution is 14.1. The van der Waals surface area contributed by atoms with Crippen molar-refractivity contribution in [2.24, 2.45) is 0 Å². The van der Waals surface area contributed by atoms with Gasteiger partial charge in [-0.25, -0.2) is 0 Å². The number of hydrogen-bond acceptors (Lipinski definition) is 1. The van der Waals surface area contributed by atoms with Crippen LogP contribution in [0.5, 0.6) is 0 Å². The molecule has 0 heterocycles. The van der Waals surface area contributed by atoms with Gasteiger partial charge in [0.15, 0.2) is 5.78 Å². The third-order valence-corrected chi connectivity index (χ3v) is 4.26. The van der Waals surface area contributed by atoms with Crippen molar-refractivity contribution < 1.29 is 18.0 Å². The first-order valence-electron chi connectivity index (χ1n) is 3.80. The zero-order chi connectivity index (χ0) is 11.8. The molecule has 0 aromatic heterocycles. The fourth-order valence-corrected chi connectivity index (χ4v) is 2.16. The Morgan fingerprint density at radius 3 is 2.33 bits per heavy atom. The molecule has 0 saturated carbocycles. The summed E-state index contributed by atoms with van der Waals surface area (Å²) in [7, 11) is 0. The van der Waals surface area contributed by atoms with Crippen LogP contribution in [-0.2, 0) is 6.18 Å². The van der Waals surface area contributed by atoms with Crippen molar-refractivity contribution in [3.63, 3.8) is 0 Å². The van der Waals surface area contributed by atoms with Gasteiger partial charge in [-0.05, 0) is 57.6 Å². The Bertz CT molecular complexity index is 415. The number of rotatable bonds is 1. The zero-order valence-electron chi connectivity index (χ0n) is 7.45. The third kappa shape index (κ3) is 2.93. The molecule has 6 heteroatoms. The van der Waals surface area contributed by atoms with Gasteiger partial charge in [0.05, 0.1) is 5.56 Å². The van der Waals surface area contributed by atoms with Crippen molar-refractivity contribution >= 4 is 44.3 Å². The molecule has 1 aromatic rings. The highest BCUT2D eigenvalue weighted by atomic mass is 127. The normalized spacial score (nSPS) is 11.6. The van der Waals surface area contributed by atoms with Crippen LogP contribution in [0.2, 0.25) is 0 Å². The van der Waals surface area contributed by atoms with E-state index in [9.17, 15) is 18.0 Å². The molecule has 0 amide bonds. The van der Waals surface area contributed by atoms with Gasteiger partial charge in [-0.3, -0.25) is 4.79 Å². The summed E-state index contributed by atoms with van der Waals surface area (Å²) in [6.07, 6.45) is -4.43. The summed E-state index contributed by atoms with van der Waals surface area (Å²) in [6, 6.07) is 1.84. The summed E-state index contributed by atoms with van der Waals surface area (Å²) in [6.45, 7) is 1.24. The largest absolute Gasteiger partial charge is 0.416 e. The van der Waals surface area contributed by atoms with Gasteiger partial charge in [0.1, 0.15) is 0 Å². The predicted octanol–water partition coefficient (Wildman–Crippen LogP) is 4.28. The van der Waals surface area contributed by atoms with Gasteiger partial charge in [0.25, 0.3) is 0 Å². The maximum atomic E-state index is 12.4. The maximum absolute atomic E-state index is 12.4. The number of hydrogen-bond donors (Lipinski definition) is 0. The first kappa shape index (κ1) is 13.0. The number of alkyl halides is 3. The topological polar surface area (TPSA) is 17.1 Å². The molecule has 0 fully saturated rings. The van der Waals surface area contributed by atoms with E-state index in [-0.39, 0.29) is 15.8 Å². The second kappa shape index (κ2) is 4.40. The molecule has 0 unspecified atom stereocenters. The molecule has 1 nitrogen and oxygen atoms in total. The van der Waals surface area contributed by atoms with Crippen LogP contribution >= 0.6 is 38.5 Å². The second-order valence-electron chi connectivity index (χ2n) is 2.87. The average Bonchev–Trinajstić information content (AvgIpc) is 2.06. The molecule has 0 aliphatic rings. The minimum atomic E-state index is -4.43. The molecular weight excluding hydrogens is 388 g/mol. The van der Waals surface area contributed by atoms with Crippen LogP contribution in [0, 0.1) is 3.57 Å². The van der Waals surface area contributed by atoms with Crippen LogP contribution in [0.25, 0.3) is 0 Å². The van der Waals surface area contributed by atoms with Gasteiger partial charge in [-0.2, -0.15) is 13.2 Å². The third-order valence-electron chi connectivity index (χ3n) is 1.73. The van der Waals surface area contributed by atoms with Gasteiger partial charge in [0, 0.05) is 13.6 Å². The number of Topliss-reactive ketones (excluding diaryl/α,β-unsaturated/α-hetero) is 1. The Morgan fingerprint density at radius 1 is 1.40 bits per heavy atom. The Labute approximate surface area is 106 Å². The highest BCUT2D eigenvalue weighted by Gasteiger charge is 2.32. The van der Waals surface area contributed by atoms with E-state index in [1.165, 1.54) is 6.92 Å². The van der Waals surface area contributed by atoms with E-state index in [0.717, 1.165) is 12.1 Å². The lowest BCUT2D eigenvalue weighted by atomic mass is 10.1. The molecule has 0 aliphatic carbocycles. The van der Waals surface area contributed by atoms with E-state index >= 15 is 0 Å². The first-order valence-corrected chi connectivity index (χ1v) is 5.68. The summed E-state index contributed by atoms with van der Waals surface area (Å²) in [5.41, 5.74) is -0.739. The van der Waals surface area contributed by atoms with Gasteiger partial charge in [-0.1, -0.05) is 0 Å². The highest BCUT2D eigenvalue weighted by Crippen LogP contribution is 2.34. The Morgan fingerprint density at radius 2 is 1.93 bits per heavy atom. The Balaban J connectivity index is 3.43. The zero-order valence-corrected chi connectivity index (χ0v) is 11.2. The molecule has 0 aliphatic heterocycles. The lowest BCUT2D eigenvalue weighted by Gasteiger charge is -2.10. The predicted molar refractivity (Wildman–Crippen MR) is 61.9 cm³/mol. The van der Waals surface area contributed by atoms with Gasteiger partial charge in [-0.15, -0.1) is 0 Å². The minimum absolute atomic E-state index is 0.0808. The standard InChI is InChI=1S/C9H5BrF3IO/c1-4(15)6-2-5(9(11,12)13)3-7(10)8(6)14/h2-3H,1H3. The van der Waals surface area contributed by atoms with Crippen molar-refractivity contribution in [2.45, 2.75) is 13.1 Å². The van der Waals surface area contributed by atoms with Crippen molar-refractivity contribution in [3.05, 3.63) is 31.3 Å². The number of ketones is 1. The van der Waals surface area contributed by atoms with Crippen LogP contribution in [0.3, 0.4) is 0 Å². The molecule has 0 spiro atoms. The summed E-state index contributed by atoms with van der Waals surface area (Å²) < 4.78 is 38.0. The summed E-state index contributed by atoms with van der Waals surface area (Å²) in [5.74, 6) is -0.383. The van der Waals surface area contributed by atoms with Crippen LogP contribution in [0.4, 0.5) is 13.2 Å². The quantitative estimate of drug-likeness (QED) is 0.515. The lowest BCUT2D eigenvalue weighted by molar-refractivity contribution is -0.137. The number of benzene rings is 1. The van der Waals surface area contributed by atoms with Crippen LogP contribution in [0.15, 0.2) is 16.6 Å². The fourth-order valence-electron chi connectivity index (χ4n) is 1.01. The lowest BCUT2D eigenvalue weighted by Crippen LogP contribution is -2.08. The van der Waals surface area contributed by atoms with E-state index in [4.69, 9.17) is 0 Å². The molecule has 0 saturated heterocycles. The van der Waals surface area contributed by atoms with E-state index in [2.05, 4.69) is 15.9 Å². The minimum Gasteiger partial charge on any atom is -0.294 e. The molecule has 0 bridgehead atoms. The van der Waals surface area contributed by atoms with Crippen molar-refractivity contribution in [1.29, 1.82) is 0 Å². The van der Waals surface area contributed by atoms with Crippen molar-refractivity contribution in [1.82, 2.24) is 0 Å². The van der Waals surface area contributed by atoms with Crippen molar-refractivity contribution in [2.75, 3.05) is 0 Å². The van der Waals surface area contributed by atoms with Gasteiger partial charge >= 0.3 is 6.18 Å². The molecule has 15 heavy (non-hydrogen) atoms. The monoisotopic (exact) mass is 392 g/mol. The van der Waals surface area contributed by atoms with E-state index < -0.39 is 11.7 Å². The van der Waals surface area contributed by atoms with Gasteiger partial charge < -0.3 is 0 Å². The second-order valence-corrected chi connectivity index (χ2v) is 4.81. The maximum Gasteiger partial charge on any atom is 0.416 e. The molecule has 1 rings (SSSR count).